The summed E-state index contributed by atoms with van der Waals surface area (Å²) in [4.78, 5) is 11.6. The van der Waals surface area contributed by atoms with Crippen LogP contribution in [0.25, 0.3) is 0 Å². The van der Waals surface area contributed by atoms with Crippen LogP contribution in [-0.4, -0.2) is 29.0 Å². The lowest BCUT2D eigenvalue weighted by atomic mass is 10.2. The monoisotopic (exact) mass is 288 g/mol. The van der Waals surface area contributed by atoms with Crippen molar-refractivity contribution in [3.05, 3.63) is 10.2 Å². The summed E-state index contributed by atoms with van der Waals surface area (Å²) in [6.45, 7) is 4.79. The number of nitrogens with zero attached hydrogens (tertiary/aromatic N) is 2. The first-order valence-corrected chi connectivity index (χ1v) is 6.02. The van der Waals surface area contributed by atoms with Crippen LogP contribution in [0.1, 0.15) is 36.8 Å². The second-order valence-electron chi connectivity index (χ2n) is 3.62. The topological polar surface area (TPSA) is 53.3 Å². The highest BCUT2D eigenvalue weighted by molar-refractivity contribution is 9.10. The molecule has 0 amide bonds. The second kappa shape index (κ2) is 4.45. The molecule has 0 N–H and O–H groups in total. The molecule has 1 unspecified atom stereocenters. The van der Waals surface area contributed by atoms with E-state index in [9.17, 15) is 4.79 Å². The standard InChI is InChI=1S/C10H13BrN2O3/c1-3-15-10(14)8-7(11)9-13(12-8)6(2)4-5-16-9/h6H,3-5H2,1-2H3. The number of hydrogen-bond donors (Lipinski definition) is 0. The number of fused-ring (bicyclic) bond motifs is 1. The molecule has 0 aliphatic carbocycles. The van der Waals surface area contributed by atoms with Gasteiger partial charge in [-0.2, -0.15) is 5.10 Å². The van der Waals surface area contributed by atoms with Crippen molar-refractivity contribution in [2.75, 3.05) is 13.2 Å². The average molecular weight is 289 g/mol. The molecule has 0 bridgehead atoms. The SMILES string of the molecule is CCOC(=O)c1nn2c(c1Br)OCCC2C. The van der Waals surface area contributed by atoms with Crippen molar-refractivity contribution in [2.24, 2.45) is 0 Å². The summed E-state index contributed by atoms with van der Waals surface area (Å²) in [5.41, 5.74) is 0.283. The zero-order valence-electron chi connectivity index (χ0n) is 9.20. The van der Waals surface area contributed by atoms with Crippen molar-refractivity contribution in [3.63, 3.8) is 0 Å². The minimum Gasteiger partial charge on any atom is -0.477 e. The van der Waals surface area contributed by atoms with E-state index in [0.717, 1.165) is 6.42 Å². The molecule has 0 aromatic carbocycles. The molecule has 1 aliphatic heterocycles. The van der Waals surface area contributed by atoms with E-state index in [1.807, 2.05) is 6.92 Å². The van der Waals surface area contributed by atoms with Crippen molar-refractivity contribution < 1.29 is 14.3 Å². The molecule has 0 radical (unpaired) electrons. The van der Waals surface area contributed by atoms with E-state index in [2.05, 4.69) is 21.0 Å². The summed E-state index contributed by atoms with van der Waals surface area (Å²) in [5.74, 6) is 0.189. The number of ether oxygens (including phenoxy) is 2. The number of hydrogen-bond acceptors (Lipinski definition) is 4. The third-order valence-corrected chi connectivity index (χ3v) is 3.19. The van der Waals surface area contributed by atoms with Gasteiger partial charge in [-0.05, 0) is 29.8 Å². The zero-order chi connectivity index (χ0) is 11.7. The lowest BCUT2D eigenvalue weighted by Crippen LogP contribution is -2.19. The highest BCUT2D eigenvalue weighted by Crippen LogP contribution is 2.35. The van der Waals surface area contributed by atoms with Crippen molar-refractivity contribution in [3.8, 4) is 5.88 Å². The Morgan fingerprint density at radius 2 is 2.50 bits per heavy atom. The Morgan fingerprint density at radius 1 is 1.75 bits per heavy atom. The van der Waals surface area contributed by atoms with Gasteiger partial charge in [0, 0.05) is 6.42 Å². The summed E-state index contributed by atoms with van der Waals surface area (Å²) >= 11 is 3.33. The lowest BCUT2D eigenvalue weighted by Gasteiger charge is -2.21. The Balaban J connectivity index is 2.38. The Labute approximate surface area is 102 Å². The number of aromatic nitrogens is 2. The largest absolute Gasteiger partial charge is 0.477 e. The van der Waals surface area contributed by atoms with E-state index in [-0.39, 0.29) is 11.7 Å². The van der Waals surface area contributed by atoms with Crippen LogP contribution >= 0.6 is 15.9 Å². The van der Waals surface area contributed by atoms with E-state index in [1.54, 1.807) is 11.6 Å². The fraction of sp³-hybridized carbons (Fsp3) is 0.600. The Bertz CT molecular complexity index is 416. The van der Waals surface area contributed by atoms with Crippen LogP contribution in [0.2, 0.25) is 0 Å². The summed E-state index contributed by atoms with van der Waals surface area (Å²) < 4.78 is 12.7. The molecular weight excluding hydrogens is 276 g/mol. The Morgan fingerprint density at radius 3 is 3.12 bits per heavy atom. The van der Waals surface area contributed by atoms with Crippen molar-refractivity contribution in [1.29, 1.82) is 0 Å². The van der Waals surface area contributed by atoms with E-state index >= 15 is 0 Å². The highest BCUT2D eigenvalue weighted by atomic mass is 79.9. The Kier molecular flexibility index (Phi) is 3.18. The molecule has 0 spiro atoms. The zero-order valence-corrected chi connectivity index (χ0v) is 10.8. The van der Waals surface area contributed by atoms with Gasteiger partial charge in [-0.15, -0.1) is 0 Å². The molecule has 6 heteroatoms. The van der Waals surface area contributed by atoms with Gasteiger partial charge < -0.3 is 9.47 Å². The van der Waals surface area contributed by atoms with Gasteiger partial charge in [-0.3, -0.25) is 0 Å². The van der Waals surface area contributed by atoms with Gasteiger partial charge in [-0.25, -0.2) is 9.48 Å². The summed E-state index contributed by atoms with van der Waals surface area (Å²) in [7, 11) is 0. The fourth-order valence-corrected chi connectivity index (χ4v) is 2.14. The average Bonchev–Trinajstić information content (AvgIpc) is 2.59. The van der Waals surface area contributed by atoms with E-state index in [0.29, 0.717) is 23.6 Å². The predicted molar refractivity (Wildman–Crippen MR) is 60.7 cm³/mol. The minimum absolute atomic E-state index is 0.239. The molecule has 16 heavy (non-hydrogen) atoms. The van der Waals surface area contributed by atoms with Crippen molar-refractivity contribution in [1.82, 2.24) is 9.78 Å². The number of carbonyl (C=O) groups is 1. The van der Waals surface area contributed by atoms with Gasteiger partial charge in [-0.1, -0.05) is 0 Å². The first kappa shape index (κ1) is 11.4. The van der Waals surface area contributed by atoms with Gasteiger partial charge in [0.2, 0.25) is 5.88 Å². The number of halogens is 1. The third-order valence-electron chi connectivity index (χ3n) is 2.47. The summed E-state index contributed by atoms with van der Waals surface area (Å²) in [6, 6.07) is 0.239. The van der Waals surface area contributed by atoms with E-state index in [4.69, 9.17) is 9.47 Å². The maximum Gasteiger partial charge on any atom is 0.360 e. The van der Waals surface area contributed by atoms with Crippen LogP contribution in [0.5, 0.6) is 5.88 Å². The van der Waals surface area contributed by atoms with Crippen LogP contribution in [-0.2, 0) is 4.74 Å². The second-order valence-corrected chi connectivity index (χ2v) is 4.41. The minimum atomic E-state index is -0.424. The normalized spacial score (nSPS) is 18.8. The molecule has 0 saturated heterocycles. The van der Waals surface area contributed by atoms with Crippen LogP contribution < -0.4 is 4.74 Å². The van der Waals surface area contributed by atoms with Crippen molar-refractivity contribution >= 4 is 21.9 Å². The molecular formula is C10H13BrN2O3. The van der Waals surface area contributed by atoms with Crippen LogP contribution in [0.4, 0.5) is 0 Å². The van der Waals surface area contributed by atoms with Gasteiger partial charge in [0.05, 0.1) is 19.3 Å². The summed E-state index contributed by atoms with van der Waals surface area (Å²) in [5, 5.41) is 4.22. The summed E-state index contributed by atoms with van der Waals surface area (Å²) in [6.07, 6.45) is 0.892. The quantitative estimate of drug-likeness (QED) is 0.783. The molecule has 5 nitrogen and oxygen atoms in total. The molecule has 0 fully saturated rings. The van der Waals surface area contributed by atoms with Gasteiger partial charge in [0.1, 0.15) is 4.47 Å². The number of esters is 1. The first-order valence-electron chi connectivity index (χ1n) is 5.23. The Hall–Kier alpha value is -1.04. The third kappa shape index (κ3) is 1.81. The molecule has 1 atom stereocenters. The van der Waals surface area contributed by atoms with E-state index < -0.39 is 5.97 Å². The van der Waals surface area contributed by atoms with Crippen LogP contribution in [0, 0.1) is 0 Å². The molecule has 88 valence electrons. The molecule has 1 aromatic heterocycles. The fourth-order valence-electron chi connectivity index (χ4n) is 1.61. The molecule has 1 aromatic rings. The van der Waals surface area contributed by atoms with Crippen LogP contribution in [0.15, 0.2) is 4.47 Å². The highest BCUT2D eigenvalue weighted by Gasteiger charge is 2.28. The predicted octanol–water partition coefficient (Wildman–Crippen LogP) is 2.17. The molecule has 2 heterocycles. The van der Waals surface area contributed by atoms with Gasteiger partial charge >= 0.3 is 5.97 Å². The van der Waals surface area contributed by atoms with E-state index in [1.165, 1.54) is 0 Å². The number of rotatable bonds is 2. The maximum atomic E-state index is 11.6. The number of carbonyl (C=O) groups excluding carboxylic acids is 1. The van der Waals surface area contributed by atoms with Gasteiger partial charge in [0.25, 0.3) is 0 Å². The first-order chi connectivity index (χ1) is 7.65. The lowest BCUT2D eigenvalue weighted by molar-refractivity contribution is 0.0517. The maximum absolute atomic E-state index is 11.6. The van der Waals surface area contributed by atoms with Crippen molar-refractivity contribution in [2.45, 2.75) is 26.3 Å². The molecule has 0 saturated carbocycles. The molecule has 1 aliphatic rings. The smallest absolute Gasteiger partial charge is 0.360 e. The van der Waals surface area contributed by atoms with Crippen LogP contribution in [0.3, 0.4) is 0 Å². The molecule has 2 rings (SSSR count). The van der Waals surface area contributed by atoms with Gasteiger partial charge in [0.15, 0.2) is 5.69 Å².